The molecule has 8 nitrogen and oxygen atoms in total. The Morgan fingerprint density at radius 3 is 2.06 bits per heavy atom. The fourth-order valence-corrected chi connectivity index (χ4v) is 4.26. The average molecular weight is 461 g/mol. The van der Waals surface area contributed by atoms with Gasteiger partial charge in [-0.2, -0.15) is 12.7 Å². The van der Waals surface area contributed by atoms with Gasteiger partial charge in [-0.25, -0.2) is 4.31 Å². The lowest BCUT2D eigenvalue weighted by Crippen LogP contribution is -2.53. The molecule has 174 valence electrons. The zero-order chi connectivity index (χ0) is 23.7. The van der Waals surface area contributed by atoms with Crippen LogP contribution in [0.15, 0.2) is 60.7 Å². The predicted octanol–water partition coefficient (Wildman–Crippen LogP) is 1.90. The number of amides is 2. The lowest BCUT2D eigenvalue weighted by Gasteiger charge is -2.32. The van der Waals surface area contributed by atoms with E-state index in [1.807, 2.05) is 37.3 Å². The number of rotatable bonds is 11. The van der Waals surface area contributed by atoms with E-state index in [4.69, 9.17) is 0 Å². The molecule has 2 amide bonds. The molecular formula is C23H32N4O4S. The molecule has 1 atom stereocenters. The molecule has 0 aromatic heterocycles. The Kier molecular flexibility index (Phi) is 9.22. The van der Waals surface area contributed by atoms with Gasteiger partial charge in [-0.05, 0) is 38.0 Å². The summed E-state index contributed by atoms with van der Waals surface area (Å²) in [5.41, 5.74) is 1.40. The third-order valence-corrected chi connectivity index (χ3v) is 6.89. The highest BCUT2D eigenvalue weighted by molar-refractivity contribution is 7.90. The van der Waals surface area contributed by atoms with Crippen LogP contribution in [0, 0.1) is 0 Å². The first-order valence-electron chi connectivity index (χ1n) is 10.5. The molecule has 0 unspecified atom stereocenters. The Hall–Kier alpha value is -2.91. The minimum Gasteiger partial charge on any atom is -0.355 e. The number of anilines is 1. The first-order valence-corrected chi connectivity index (χ1v) is 11.9. The van der Waals surface area contributed by atoms with Crippen molar-refractivity contribution in [3.8, 4) is 0 Å². The van der Waals surface area contributed by atoms with Crippen LogP contribution in [0.1, 0.15) is 19.4 Å². The molecule has 0 spiro atoms. The van der Waals surface area contributed by atoms with Crippen molar-refractivity contribution in [1.29, 1.82) is 0 Å². The Balaban J connectivity index is 2.33. The third-order valence-electron chi connectivity index (χ3n) is 5.07. The summed E-state index contributed by atoms with van der Waals surface area (Å²) in [6.45, 7) is 3.77. The molecule has 0 aliphatic rings. The molecule has 0 radical (unpaired) electrons. The van der Waals surface area contributed by atoms with E-state index in [-0.39, 0.29) is 12.5 Å². The number of nitrogens with one attached hydrogen (secondary N) is 1. The van der Waals surface area contributed by atoms with Crippen LogP contribution in [0.3, 0.4) is 0 Å². The van der Waals surface area contributed by atoms with Crippen molar-refractivity contribution < 1.29 is 18.0 Å². The molecule has 0 aliphatic heterocycles. The summed E-state index contributed by atoms with van der Waals surface area (Å²) in [5, 5.41) is 2.74. The number of carbonyl (C=O) groups excluding carboxylic acids is 2. The Morgan fingerprint density at radius 1 is 0.969 bits per heavy atom. The number of benzene rings is 2. The fourth-order valence-electron chi connectivity index (χ4n) is 3.20. The van der Waals surface area contributed by atoms with Gasteiger partial charge in [0.25, 0.3) is 0 Å². The number of hydrogen-bond donors (Lipinski definition) is 1. The van der Waals surface area contributed by atoms with Crippen molar-refractivity contribution in [3.05, 3.63) is 66.2 Å². The molecule has 2 aromatic rings. The molecular weight excluding hydrogens is 428 g/mol. The highest BCUT2D eigenvalue weighted by Gasteiger charge is 2.32. The predicted molar refractivity (Wildman–Crippen MR) is 126 cm³/mol. The first kappa shape index (κ1) is 25.4. The molecule has 1 N–H and O–H groups in total. The van der Waals surface area contributed by atoms with Crippen molar-refractivity contribution in [2.75, 3.05) is 38.0 Å². The summed E-state index contributed by atoms with van der Waals surface area (Å²) in [4.78, 5) is 27.3. The lowest BCUT2D eigenvalue weighted by atomic mass is 10.1. The SMILES string of the molecule is CCNC(=O)[C@@H](C)N(CCc1ccccc1)C(=O)CN(c1ccccc1)S(=O)(=O)N(C)C. The summed E-state index contributed by atoms with van der Waals surface area (Å²) in [6.07, 6.45) is 0.544. The van der Waals surface area contributed by atoms with Crippen molar-refractivity contribution >= 4 is 27.7 Å². The van der Waals surface area contributed by atoms with Crippen molar-refractivity contribution in [3.63, 3.8) is 0 Å². The number of likely N-dealkylation sites (N-methyl/N-ethyl adjacent to an activating group) is 1. The Labute approximate surface area is 191 Å². The molecule has 0 saturated heterocycles. The summed E-state index contributed by atoms with van der Waals surface area (Å²) in [6, 6.07) is 17.4. The van der Waals surface area contributed by atoms with Gasteiger partial charge >= 0.3 is 10.2 Å². The molecule has 0 aliphatic carbocycles. The van der Waals surface area contributed by atoms with Gasteiger partial charge in [-0.1, -0.05) is 48.5 Å². The quantitative estimate of drug-likeness (QED) is 0.555. The number of carbonyl (C=O) groups is 2. The topological polar surface area (TPSA) is 90.0 Å². The monoisotopic (exact) mass is 460 g/mol. The van der Waals surface area contributed by atoms with Crippen LogP contribution < -0.4 is 9.62 Å². The number of nitrogens with zero attached hydrogens (tertiary/aromatic N) is 3. The van der Waals surface area contributed by atoms with Gasteiger partial charge in [0.05, 0.1) is 5.69 Å². The van der Waals surface area contributed by atoms with E-state index in [2.05, 4.69) is 5.32 Å². The van der Waals surface area contributed by atoms with Gasteiger partial charge in [0.2, 0.25) is 11.8 Å². The van der Waals surface area contributed by atoms with E-state index in [1.54, 1.807) is 37.3 Å². The number of para-hydroxylation sites is 1. The van der Waals surface area contributed by atoms with E-state index in [0.717, 1.165) is 14.2 Å². The minimum absolute atomic E-state index is 0.282. The highest BCUT2D eigenvalue weighted by atomic mass is 32.2. The van der Waals surface area contributed by atoms with Crippen molar-refractivity contribution in [1.82, 2.24) is 14.5 Å². The second kappa shape index (κ2) is 11.6. The molecule has 0 saturated carbocycles. The maximum absolute atomic E-state index is 13.4. The van der Waals surface area contributed by atoms with E-state index >= 15 is 0 Å². The minimum atomic E-state index is -3.93. The van der Waals surface area contributed by atoms with Crippen LogP contribution in [0.2, 0.25) is 0 Å². The van der Waals surface area contributed by atoms with Gasteiger partial charge in [-0.15, -0.1) is 0 Å². The van der Waals surface area contributed by atoms with Gasteiger partial charge in [-0.3, -0.25) is 9.59 Å². The van der Waals surface area contributed by atoms with Crippen molar-refractivity contribution in [2.24, 2.45) is 0 Å². The van der Waals surface area contributed by atoms with Crippen LogP contribution in [-0.2, 0) is 26.2 Å². The average Bonchev–Trinajstić information content (AvgIpc) is 2.78. The standard InChI is InChI=1S/C23H32N4O4S/c1-5-24-23(29)19(2)26(17-16-20-12-8-6-9-13-20)22(28)18-27(32(30,31)25(3)4)21-14-10-7-11-15-21/h6-15,19H,5,16-18H2,1-4H3,(H,24,29)/t19-/m1/s1. The van der Waals surface area contributed by atoms with E-state index in [0.29, 0.717) is 18.7 Å². The molecule has 2 aromatic carbocycles. The zero-order valence-corrected chi connectivity index (χ0v) is 19.9. The Bertz CT molecular complexity index is 982. The Morgan fingerprint density at radius 2 is 1.53 bits per heavy atom. The molecule has 0 bridgehead atoms. The van der Waals surface area contributed by atoms with Crippen LogP contribution in [0.25, 0.3) is 0 Å². The van der Waals surface area contributed by atoms with E-state index < -0.39 is 28.7 Å². The number of hydrogen-bond acceptors (Lipinski definition) is 4. The smallest absolute Gasteiger partial charge is 0.304 e. The van der Waals surface area contributed by atoms with E-state index in [9.17, 15) is 18.0 Å². The van der Waals surface area contributed by atoms with Gasteiger partial charge in [0.15, 0.2) is 0 Å². The highest BCUT2D eigenvalue weighted by Crippen LogP contribution is 2.20. The normalized spacial score (nSPS) is 12.3. The van der Waals surface area contributed by atoms with Crippen LogP contribution in [-0.4, -0.2) is 69.2 Å². The second-order valence-electron chi connectivity index (χ2n) is 7.53. The largest absolute Gasteiger partial charge is 0.355 e. The summed E-state index contributed by atoms with van der Waals surface area (Å²) >= 11 is 0. The van der Waals surface area contributed by atoms with Crippen LogP contribution >= 0.6 is 0 Å². The molecule has 9 heteroatoms. The molecule has 2 rings (SSSR count). The second-order valence-corrected chi connectivity index (χ2v) is 9.59. The maximum Gasteiger partial charge on any atom is 0.304 e. The molecule has 0 heterocycles. The molecule has 0 fully saturated rings. The third kappa shape index (κ3) is 6.54. The van der Waals surface area contributed by atoms with Crippen LogP contribution in [0.5, 0.6) is 0 Å². The van der Waals surface area contributed by atoms with Gasteiger partial charge < -0.3 is 10.2 Å². The summed E-state index contributed by atoms with van der Waals surface area (Å²) in [7, 11) is -1.09. The van der Waals surface area contributed by atoms with E-state index in [1.165, 1.54) is 19.0 Å². The molecule has 32 heavy (non-hydrogen) atoms. The summed E-state index contributed by atoms with van der Waals surface area (Å²) < 4.78 is 28.1. The maximum atomic E-state index is 13.4. The first-order chi connectivity index (χ1) is 15.2. The van der Waals surface area contributed by atoms with Gasteiger partial charge in [0.1, 0.15) is 12.6 Å². The fraction of sp³-hybridized carbons (Fsp3) is 0.391. The van der Waals surface area contributed by atoms with Gasteiger partial charge in [0, 0.05) is 27.2 Å². The summed E-state index contributed by atoms with van der Waals surface area (Å²) in [5.74, 6) is -0.732. The van der Waals surface area contributed by atoms with Crippen LogP contribution in [0.4, 0.5) is 5.69 Å². The zero-order valence-electron chi connectivity index (χ0n) is 19.1. The van der Waals surface area contributed by atoms with Crippen molar-refractivity contribution in [2.45, 2.75) is 26.3 Å². The lowest BCUT2D eigenvalue weighted by molar-refractivity contribution is -0.138.